The number of urea groups is 1. The van der Waals surface area contributed by atoms with Gasteiger partial charge in [-0.3, -0.25) is 5.32 Å². The Morgan fingerprint density at radius 3 is 2.71 bits per heavy atom. The van der Waals surface area contributed by atoms with E-state index in [0.717, 1.165) is 30.8 Å². The highest BCUT2D eigenvalue weighted by atomic mass is 32.1. The van der Waals surface area contributed by atoms with Crippen LogP contribution >= 0.6 is 11.5 Å². The molecule has 1 saturated carbocycles. The SMILES string of the molecule is Cc1nsc(NC(=O)NC2CCC2)c1C(=O)O. The first-order chi connectivity index (χ1) is 8.08. The van der Waals surface area contributed by atoms with Crippen LogP contribution in [-0.2, 0) is 0 Å². The van der Waals surface area contributed by atoms with Crippen molar-refractivity contribution >= 4 is 28.5 Å². The third-order valence-corrected chi connectivity index (χ3v) is 3.60. The van der Waals surface area contributed by atoms with Crippen LogP contribution in [0.4, 0.5) is 9.80 Å². The Morgan fingerprint density at radius 1 is 1.47 bits per heavy atom. The maximum Gasteiger partial charge on any atom is 0.340 e. The number of hydrogen-bond donors (Lipinski definition) is 3. The molecule has 6 nitrogen and oxygen atoms in total. The number of nitrogens with zero attached hydrogens (tertiary/aromatic N) is 1. The quantitative estimate of drug-likeness (QED) is 0.768. The number of aromatic nitrogens is 1. The molecule has 7 heteroatoms. The van der Waals surface area contributed by atoms with Crippen LogP contribution in [0.3, 0.4) is 0 Å². The molecule has 1 aliphatic rings. The van der Waals surface area contributed by atoms with Gasteiger partial charge in [0, 0.05) is 6.04 Å². The zero-order valence-electron chi connectivity index (χ0n) is 9.32. The Morgan fingerprint density at radius 2 is 2.18 bits per heavy atom. The lowest BCUT2D eigenvalue weighted by molar-refractivity contribution is 0.0697. The number of amides is 2. The predicted molar refractivity (Wildman–Crippen MR) is 63.6 cm³/mol. The van der Waals surface area contributed by atoms with E-state index in [4.69, 9.17) is 5.11 Å². The van der Waals surface area contributed by atoms with Crippen molar-refractivity contribution < 1.29 is 14.7 Å². The van der Waals surface area contributed by atoms with Crippen LogP contribution in [0.1, 0.15) is 35.3 Å². The van der Waals surface area contributed by atoms with E-state index >= 15 is 0 Å². The number of carboxylic acids is 1. The lowest BCUT2D eigenvalue weighted by atomic mass is 9.93. The first kappa shape index (κ1) is 11.8. The molecule has 1 aliphatic carbocycles. The van der Waals surface area contributed by atoms with Crippen molar-refractivity contribution in [2.75, 3.05) is 5.32 Å². The van der Waals surface area contributed by atoms with Crippen molar-refractivity contribution in [2.24, 2.45) is 0 Å². The van der Waals surface area contributed by atoms with Gasteiger partial charge in [0.1, 0.15) is 10.6 Å². The molecular formula is C10H13N3O3S. The van der Waals surface area contributed by atoms with Crippen molar-refractivity contribution in [3.05, 3.63) is 11.3 Å². The van der Waals surface area contributed by atoms with Gasteiger partial charge in [-0.15, -0.1) is 0 Å². The molecule has 0 spiro atoms. The molecule has 1 aromatic heterocycles. The average Bonchev–Trinajstić information content (AvgIpc) is 2.53. The molecule has 0 saturated heterocycles. The van der Waals surface area contributed by atoms with Crippen LogP contribution in [0.5, 0.6) is 0 Å². The van der Waals surface area contributed by atoms with E-state index in [2.05, 4.69) is 15.0 Å². The third-order valence-electron chi connectivity index (χ3n) is 2.74. The molecule has 3 N–H and O–H groups in total. The summed E-state index contributed by atoms with van der Waals surface area (Å²) in [6.45, 7) is 1.61. The molecule has 92 valence electrons. The molecule has 17 heavy (non-hydrogen) atoms. The number of carboxylic acid groups (broad SMARTS) is 1. The minimum Gasteiger partial charge on any atom is -0.478 e. The van der Waals surface area contributed by atoms with Gasteiger partial charge in [0.2, 0.25) is 0 Å². The fraction of sp³-hybridized carbons (Fsp3) is 0.500. The summed E-state index contributed by atoms with van der Waals surface area (Å²) in [5, 5.41) is 14.6. The smallest absolute Gasteiger partial charge is 0.340 e. The van der Waals surface area contributed by atoms with E-state index in [1.54, 1.807) is 6.92 Å². The highest BCUT2D eigenvalue weighted by Crippen LogP contribution is 2.24. The number of anilines is 1. The highest BCUT2D eigenvalue weighted by molar-refractivity contribution is 7.11. The van der Waals surface area contributed by atoms with E-state index in [0.29, 0.717) is 5.69 Å². The molecule has 2 rings (SSSR count). The van der Waals surface area contributed by atoms with Crippen molar-refractivity contribution in [1.82, 2.24) is 9.69 Å². The van der Waals surface area contributed by atoms with Gasteiger partial charge in [0.15, 0.2) is 0 Å². The fourth-order valence-electron chi connectivity index (χ4n) is 1.58. The van der Waals surface area contributed by atoms with Gasteiger partial charge in [-0.1, -0.05) is 0 Å². The molecule has 0 aromatic carbocycles. The second-order valence-corrected chi connectivity index (χ2v) is 4.78. The number of nitrogens with one attached hydrogen (secondary N) is 2. The van der Waals surface area contributed by atoms with Crippen molar-refractivity contribution in [3.8, 4) is 0 Å². The molecule has 0 atom stereocenters. The summed E-state index contributed by atoms with van der Waals surface area (Å²) in [7, 11) is 0. The summed E-state index contributed by atoms with van der Waals surface area (Å²) in [6, 6.07) is -0.141. The Balaban J connectivity index is 2.02. The number of carbonyl (C=O) groups excluding carboxylic acids is 1. The van der Waals surface area contributed by atoms with E-state index in [1.807, 2.05) is 0 Å². The monoisotopic (exact) mass is 255 g/mol. The van der Waals surface area contributed by atoms with E-state index in [9.17, 15) is 9.59 Å². The Bertz CT molecular complexity index is 454. The molecule has 1 aromatic rings. The van der Waals surface area contributed by atoms with Crippen molar-refractivity contribution in [3.63, 3.8) is 0 Å². The first-order valence-electron chi connectivity index (χ1n) is 5.35. The lowest BCUT2D eigenvalue weighted by Gasteiger charge is -2.26. The summed E-state index contributed by atoms with van der Waals surface area (Å²) in [5.74, 6) is -1.07. The molecule has 0 bridgehead atoms. The van der Waals surface area contributed by atoms with Crippen LogP contribution in [0, 0.1) is 6.92 Å². The van der Waals surface area contributed by atoms with Crippen LogP contribution in [0.15, 0.2) is 0 Å². The normalized spacial score (nSPS) is 15.1. The molecule has 0 radical (unpaired) electrons. The third kappa shape index (κ3) is 2.55. The second-order valence-electron chi connectivity index (χ2n) is 4.00. The minimum absolute atomic E-state index is 0.0683. The zero-order chi connectivity index (χ0) is 12.4. The number of aryl methyl sites for hydroxylation is 1. The predicted octanol–water partition coefficient (Wildman–Crippen LogP) is 1.82. The molecule has 1 fully saturated rings. The second kappa shape index (κ2) is 4.70. The summed E-state index contributed by atoms with van der Waals surface area (Å²) in [5.41, 5.74) is 0.486. The van der Waals surface area contributed by atoms with Crippen LogP contribution < -0.4 is 10.6 Å². The maximum atomic E-state index is 11.6. The van der Waals surface area contributed by atoms with Crippen molar-refractivity contribution in [1.29, 1.82) is 0 Å². The minimum atomic E-state index is -1.07. The topological polar surface area (TPSA) is 91.3 Å². The van der Waals surface area contributed by atoms with Gasteiger partial charge in [-0.05, 0) is 37.7 Å². The zero-order valence-corrected chi connectivity index (χ0v) is 10.1. The van der Waals surface area contributed by atoms with Gasteiger partial charge in [-0.25, -0.2) is 9.59 Å². The molecule has 2 amide bonds. The molecule has 0 aliphatic heterocycles. The summed E-state index contributed by atoms with van der Waals surface area (Å²) in [4.78, 5) is 22.5. The van der Waals surface area contributed by atoms with Gasteiger partial charge in [-0.2, -0.15) is 4.37 Å². The number of carbonyl (C=O) groups is 2. The van der Waals surface area contributed by atoms with Crippen LogP contribution in [0.25, 0.3) is 0 Å². The molecule has 0 unspecified atom stereocenters. The molecule has 1 heterocycles. The van der Waals surface area contributed by atoms with Gasteiger partial charge >= 0.3 is 12.0 Å². The highest BCUT2D eigenvalue weighted by Gasteiger charge is 2.22. The van der Waals surface area contributed by atoms with Gasteiger partial charge in [0.25, 0.3) is 0 Å². The van der Waals surface area contributed by atoms with Gasteiger partial charge in [0.05, 0.1) is 5.69 Å². The summed E-state index contributed by atoms with van der Waals surface area (Å²) in [6.07, 6.45) is 3.10. The summed E-state index contributed by atoms with van der Waals surface area (Å²) < 4.78 is 3.92. The van der Waals surface area contributed by atoms with E-state index in [-0.39, 0.29) is 22.6 Å². The Kier molecular flexibility index (Phi) is 3.28. The standard InChI is InChI=1S/C10H13N3O3S/c1-5-7(9(14)15)8(17-13-5)12-10(16)11-6-3-2-4-6/h6H,2-4H2,1H3,(H,14,15)(H2,11,12,16). The van der Waals surface area contributed by atoms with E-state index in [1.165, 1.54) is 0 Å². The van der Waals surface area contributed by atoms with E-state index < -0.39 is 5.97 Å². The average molecular weight is 255 g/mol. The molecular weight excluding hydrogens is 242 g/mol. The maximum absolute atomic E-state index is 11.6. The number of hydrogen-bond acceptors (Lipinski definition) is 4. The Hall–Kier alpha value is -1.63. The number of rotatable bonds is 3. The Labute approximate surface area is 102 Å². The summed E-state index contributed by atoms with van der Waals surface area (Å²) >= 11 is 0.983. The lowest BCUT2D eigenvalue weighted by Crippen LogP contribution is -2.41. The van der Waals surface area contributed by atoms with Crippen LogP contribution in [-0.4, -0.2) is 27.5 Å². The van der Waals surface area contributed by atoms with Gasteiger partial charge < -0.3 is 10.4 Å². The van der Waals surface area contributed by atoms with Crippen LogP contribution in [0.2, 0.25) is 0 Å². The first-order valence-corrected chi connectivity index (χ1v) is 6.12. The largest absolute Gasteiger partial charge is 0.478 e. The number of aromatic carboxylic acids is 1. The fourth-order valence-corrected chi connectivity index (χ4v) is 2.37. The van der Waals surface area contributed by atoms with Crippen molar-refractivity contribution in [2.45, 2.75) is 32.2 Å².